The molecule has 0 radical (unpaired) electrons. The number of aromatic nitrogens is 1. The number of carbonyl (C=O) groups is 1. The zero-order valence-electron chi connectivity index (χ0n) is 19.1. The Labute approximate surface area is 218 Å². The molecule has 1 aliphatic heterocycles. The van der Waals surface area contributed by atoms with Crippen molar-refractivity contribution in [2.24, 2.45) is 0 Å². The largest absolute Gasteiger partial charge is 0.487 e. The molecule has 0 atom stereocenters. The lowest BCUT2D eigenvalue weighted by Crippen LogP contribution is -2.56. The standard InChI is InChI=1S/C24H24Cl2N2O5S2/c1-14-12-15(2)27-22-16(14)4-3-5-19(22)33-13-17-18(25)6-7-20(21(17)26)35(31,32)28-24(23(29)30)8-10-34-11-9-24/h3-7,12,28H,8-11,13H2,1-2H3,(H,29,30). The number of benzene rings is 2. The van der Waals surface area contributed by atoms with Crippen LogP contribution in [-0.4, -0.2) is 41.5 Å². The van der Waals surface area contributed by atoms with Crippen molar-refractivity contribution in [2.75, 3.05) is 11.5 Å². The number of carboxylic acid groups (broad SMARTS) is 1. The van der Waals surface area contributed by atoms with Crippen LogP contribution in [0.1, 0.15) is 29.7 Å². The molecule has 3 aromatic rings. The third-order valence-electron chi connectivity index (χ3n) is 6.03. The fraction of sp³-hybridized carbons (Fsp3) is 0.333. The van der Waals surface area contributed by atoms with Gasteiger partial charge in [-0.05, 0) is 68.0 Å². The molecule has 2 aromatic carbocycles. The molecule has 4 rings (SSSR count). The molecule has 1 fully saturated rings. The van der Waals surface area contributed by atoms with E-state index in [1.807, 2.05) is 32.0 Å². The van der Waals surface area contributed by atoms with Gasteiger partial charge in [0.2, 0.25) is 10.0 Å². The van der Waals surface area contributed by atoms with Crippen LogP contribution in [0.25, 0.3) is 10.9 Å². The number of nitrogens with zero attached hydrogens (tertiary/aromatic N) is 1. The van der Waals surface area contributed by atoms with Gasteiger partial charge in [-0.1, -0.05) is 35.3 Å². The fourth-order valence-electron chi connectivity index (χ4n) is 4.13. The van der Waals surface area contributed by atoms with E-state index in [0.717, 1.165) is 16.6 Å². The molecule has 0 amide bonds. The highest BCUT2D eigenvalue weighted by molar-refractivity contribution is 7.99. The lowest BCUT2D eigenvalue weighted by atomic mass is 9.94. The van der Waals surface area contributed by atoms with E-state index in [2.05, 4.69) is 9.71 Å². The van der Waals surface area contributed by atoms with Crippen molar-refractivity contribution in [3.8, 4) is 5.75 Å². The van der Waals surface area contributed by atoms with Crippen LogP contribution in [0.5, 0.6) is 5.75 Å². The Hall–Kier alpha value is -2.04. The summed E-state index contributed by atoms with van der Waals surface area (Å²) in [4.78, 5) is 16.3. The molecule has 0 bridgehead atoms. The number of pyridine rings is 1. The number of halogens is 2. The first-order valence-electron chi connectivity index (χ1n) is 10.9. The minimum atomic E-state index is -4.26. The van der Waals surface area contributed by atoms with Crippen molar-refractivity contribution in [1.82, 2.24) is 9.71 Å². The Morgan fingerprint density at radius 2 is 1.91 bits per heavy atom. The summed E-state index contributed by atoms with van der Waals surface area (Å²) in [6.07, 6.45) is 0.362. The molecule has 7 nitrogen and oxygen atoms in total. The number of nitrogens with one attached hydrogen (secondary N) is 1. The lowest BCUT2D eigenvalue weighted by molar-refractivity contribution is -0.144. The smallest absolute Gasteiger partial charge is 0.324 e. The van der Waals surface area contributed by atoms with Crippen molar-refractivity contribution in [2.45, 2.75) is 43.7 Å². The minimum absolute atomic E-state index is 0.102. The van der Waals surface area contributed by atoms with Gasteiger partial charge in [-0.25, -0.2) is 13.4 Å². The molecule has 11 heteroatoms. The Morgan fingerprint density at radius 3 is 2.60 bits per heavy atom. The van der Waals surface area contributed by atoms with Gasteiger partial charge < -0.3 is 9.84 Å². The molecule has 1 saturated heterocycles. The molecule has 0 aliphatic carbocycles. The Morgan fingerprint density at radius 1 is 1.20 bits per heavy atom. The Kier molecular flexibility index (Phi) is 7.54. The topological polar surface area (TPSA) is 106 Å². The first-order chi connectivity index (χ1) is 16.5. The van der Waals surface area contributed by atoms with E-state index in [1.165, 1.54) is 12.1 Å². The summed E-state index contributed by atoms with van der Waals surface area (Å²) >= 11 is 14.5. The number of para-hydroxylation sites is 1. The molecule has 0 unspecified atom stereocenters. The molecular weight excluding hydrogens is 531 g/mol. The number of sulfonamides is 1. The van der Waals surface area contributed by atoms with Gasteiger partial charge in [0.15, 0.2) is 0 Å². The van der Waals surface area contributed by atoms with Crippen molar-refractivity contribution in [3.63, 3.8) is 0 Å². The van der Waals surface area contributed by atoms with E-state index in [-0.39, 0.29) is 40.0 Å². The molecule has 1 aromatic heterocycles. The van der Waals surface area contributed by atoms with E-state index in [9.17, 15) is 18.3 Å². The second-order valence-electron chi connectivity index (χ2n) is 8.46. The van der Waals surface area contributed by atoms with Gasteiger partial charge in [0.1, 0.15) is 28.3 Å². The molecule has 0 spiro atoms. The van der Waals surface area contributed by atoms with Crippen molar-refractivity contribution < 1.29 is 23.1 Å². The zero-order chi connectivity index (χ0) is 25.4. The molecule has 1 aliphatic rings. The van der Waals surface area contributed by atoms with E-state index in [0.29, 0.717) is 22.8 Å². The van der Waals surface area contributed by atoms with Crippen LogP contribution < -0.4 is 9.46 Å². The van der Waals surface area contributed by atoms with Crippen LogP contribution in [0.2, 0.25) is 10.0 Å². The molecular formula is C24H24Cl2N2O5S2. The van der Waals surface area contributed by atoms with Crippen LogP contribution in [0.3, 0.4) is 0 Å². The van der Waals surface area contributed by atoms with E-state index < -0.39 is 21.5 Å². The summed E-state index contributed by atoms with van der Waals surface area (Å²) in [6.45, 7) is 3.79. The van der Waals surface area contributed by atoms with Gasteiger partial charge in [0.25, 0.3) is 0 Å². The van der Waals surface area contributed by atoms with Crippen molar-refractivity contribution >= 4 is 61.9 Å². The molecule has 2 heterocycles. The third-order valence-corrected chi connectivity index (χ3v) is 9.50. The van der Waals surface area contributed by atoms with Gasteiger partial charge in [-0.2, -0.15) is 16.5 Å². The van der Waals surface area contributed by atoms with Gasteiger partial charge in [-0.3, -0.25) is 4.79 Å². The number of ether oxygens (including phenoxy) is 1. The maximum absolute atomic E-state index is 13.3. The lowest BCUT2D eigenvalue weighted by Gasteiger charge is -2.33. The maximum Gasteiger partial charge on any atom is 0.324 e. The first-order valence-corrected chi connectivity index (χ1v) is 14.3. The molecule has 0 saturated carbocycles. The normalized spacial score (nSPS) is 15.8. The Bertz CT molecular complexity index is 1410. The monoisotopic (exact) mass is 554 g/mol. The van der Waals surface area contributed by atoms with E-state index in [1.54, 1.807) is 17.8 Å². The van der Waals surface area contributed by atoms with Gasteiger partial charge in [0, 0.05) is 21.7 Å². The second kappa shape index (κ2) is 10.1. The molecule has 2 N–H and O–H groups in total. The maximum atomic E-state index is 13.3. The summed E-state index contributed by atoms with van der Waals surface area (Å²) in [6, 6.07) is 10.2. The fourth-order valence-corrected chi connectivity index (χ4v) is 7.63. The van der Waals surface area contributed by atoms with Crippen molar-refractivity contribution in [1.29, 1.82) is 0 Å². The predicted molar refractivity (Wildman–Crippen MR) is 139 cm³/mol. The first kappa shape index (κ1) is 26.0. The number of carboxylic acids is 1. The summed E-state index contributed by atoms with van der Waals surface area (Å²) < 4.78 is 34.9. The second-order valence-corrected chi connectivity index (χ2v) is 12.1. The van der Waals surface area contributed by atoms with Crippen LogP contribution in [0, 0.1) is 13.8 Å². The van der Waals surface area contributed by atoms with Crippen LogP contribution in [0.4, 0.5) is 0 Å². The summed E-state index contributed by atoms with van der Waals surface area (Å²) in [7, 11) is -4.26. The van der Waals surface area contributed by atoms with Gasteiger partial charge >= 0.3 is 5.97 Å². The number of fused-ring (bicyclic) bond motifs is 1. The summed E-state index contributed by atoms with van der Waals surface area (Å²) in [5.41, 5.74) is 1.28. The average Bonchev–Trinajstić information content (AvgIpc) is 2.79. The predicted octanol–water partition coefficient (Wildman–Crippen LogP) is 5.37. The Balaban J connectivity index is 1.66. The van der Waals surface area contributed by atoms with Crippen LogP contribution >= 0.6 is 35.0 Å². The SMILES string of the molecule is Cc1cc(C)c2cccc(OCc3c(Cl)ccc(S(=O)(=O)NC4(C(=O)O)CCSCC4)c3Cl)c2n1. The third kappa shape index (κ3) is 5.24. The number of hydrogen-bond donors (Lipinski definition) is 2. The van der Waals surface area contributed by atoms with E-state index in [4.69, 9.17) is 27.9 Å². The average molecular weight is 556 g/mol. The number of aryl methyl sites for hydroxylation is 2. The highest BCUT2D eigenvalue weighted by Gasteiger charge is 2.44. The summed E-state index contributed by atoms with van der Waals surface area (Å²) in [5.74, 6) is 0.391. The zero-order valence-corrected chi connectivity index (χ0v) is 22.2. The summed E-state index contributed by atoms with van der Waals surface area (Å²) in [5, 5.41) is 10.8. The quantitative estimate of drug-likeness (QED) is 0.404. The molecule has 186 valence electrons. The number of aliphatic carboxylic acids is 1. The minimum Gasteiger partial charge on any atom is -0.487 e. The number of hydrogen-bond acceptors (Lipinski definition) is 6. The number of thioether (sulfide) groups is 1. The van der Waals surface area contributed by atoms with Crippen molar-refractivity contribution in [3.05, 3.63) is 63.3 Å². The van der Waals surface area contributed by atoms with E-state index >= 15 is 0 Å². The van der Waals surface area contributed by atoms with Crippen LogP contribution in [0.15, 0.2) is 41.3 Å². The van der Waals surface area contributed by atoms with Gasteiger partial charge in [-0.15, -0.1) is 0 Å². The van der Waals surface area contributed by atoms with Crippen LogP contribution in [-0.2, 0) is 21.4 Å². The highest BCUT2D eigenvalue weighted by atomic mass is 35.5. The molecule has 35 heavy (non-hydrogen) atoms. The number of rotatable bonds is 7. The van der Waals surface area contributed by atoms with Gasteiger partial charge in [0.05, 0.1) is 5.02 Å². The highest BCUT2D eigenvalue weighted by Crippen LogP contribution is 2.35.